The molecule has 2 aromatic heterocycles. The maximum Gasteiger partial charge on any atom is 0.419 e. The van der Waals surface area contributed by atoms with Gasteiger partial charge in [0.05, 0.1) is 29.4 Å². The first kappa shape index (κ1) is 22.4. The molecule has 0 saturated carbocycles. The summed E-state index contributed by atoms with van der Waals surface area (Å²) in [5.74, 6) is -0.368. The van der Waals surface area contributed by atoms with E-state index in [0.717, 1.165) is 17.2 Å². The average Bonchev–Trinajstić information content (AvgIpc) is 3.29. The molecule has 0 aliphatic carbocycles. The molecule has 0 radical (unpaired) electrons. The van der Waals surface area contributed by atoms with E-state index in [0.29, 0.717) is 22.8 Å². The van der Waals surface area contributed by atoms with Gasteiger partial charge in [0, 0.05) is 17.3 Å². The van der Waals surface area contributed by atoms with E-state index in [-0.39, 0.29) is 11.5 Å². The first-order valence-electron chi connectivity index (χ1n) is 9.47. The fraction of sp³-hybridized carbons (Fsp3) is 0.0455. The maximum absolute atomic E-state index is 12.9. The van der Waals surface area contributed by atoms with E-state index in [1.165, 1.54) is 6.20 Å². The van der Waals surface area contributed by atoms with Crippen LogP contribution in [-0.4, -0.2) is 28.9 Å². The zero-order valence-electron chi connectivity index (χ0n) is 16.8. The fourth-order valence-corrected chi connectivity index (χ4v) is 3.76. The molecule has 0 aliphatic heterocycles. The molecule has 4 rings (SSSR count). The molecule has 0 unspecified atom stereocenters. The Morgan fingerprint density at radius 3 is 2.00 bits per heavy atom. The molecule has 0 spiro atoms. The number of rotatable bonds is 5. The number of hydrogen-bond acceptors (Lipinski definition) is 5. The summed E-state index contributed by atoms with van der Waals surface area (Å²) in [4.78, 5) is 8.08. The number of benzene rings is 2. The lowest BCUT2D eigenvalue weighted by Crippen LogP contribution is -2.16. The third-order valence-electron chi connectivity index (χ3n) is 4.59. The zero-order chi connectivity index (χ0) is 23.6. The van der Waals surface area contributed by atoms with E-state index >= 15 is 0 Å². The topological polar surface area (TPSA) is 103 Å². The van der Waals surface area contributed by atoms with E-state index in [9.17, 15) is 21.6 Å². The van der Waals surface area contributed by atoms with Gasteiger partial charge in [-0.2, -0.15) is 18.3 Å². The van der Waals surface area contributed by atoms with Crippen LogP contribution < -0.4 is 5.14 Å². The molecule has 4 aromatic rings. The molecule has 0 bridgehead atoms. The van der Waals surface area contributed by atoms with Crippen molar-refractivity contribution in [3.8, 4) is 5.82 Å². The largest absolute Gasteiger partial charge is 0.419 e. The predicted molar refractivity (Wildman–Crippen MR) is 116 cm³/mol. The van der Waals surface area contributed by atoms with Crippen LogP contribution in [0.3, 0.4) is 0 Å². The Hall–Kier alpha value is -3.83. The third kappa shape index (κ3) is 4.99. The van der Waals surface area contributed by atoms with Gasteiger partial charge in [0.2, 0.25) is 10.0 Å². The fourth-order valence-electron chi connectivity index (χ4n) is 3.07. The molecule has 7 nitrogen and oxygen atoms in total. The Morgan fingerprint density at radius 1 is 0.939 bits per heavy atom. The second-order valence-electron chi connectivity index (χ2n) is 6.92. The van der Waals surface area contributed by atoms with Gasteiger partial charge < -0.3 is 0 Å². The Bertz CT molecular complexity index is 1380. The highest BCUT2D eigenvalue weighted by molar-refractivity contribution is 7.89. The number of aromatic nitrogens is 3. The number of nitrogens with zero attached hydrogens (tertiary/aromatic N) is 4. The predicted octanol–water partition coefficient (Wildman–Crippen LogP) is 4.10. The van der Waals surface area contributed by atoms with Crippen molar-refractivity contribution in [3.63, 3.8) is 0 Å². The summed E-state index contributed by atoms with van der Waals surface area (Å²) in [5, 5.41) is 8.92. The normalized spacial score (nSPS) is 11.9. The molecule has 2 aromatic carbocycles. The SMILES string of the molecule is NS(=O)(=O)c1cc(N=C(c2ccccc2)c2ccccc2)cnc1-n1cc(C(F)(F)F)cn1. The number of sulfonamides is 1. The van der Waals surface area contributed by atoms with Crippen LogP contribution in [0.15, 0.2) is 95.2 Å². The Kier molecular flexibility index (Phi) is 5.83. The van der Waals surface area contributed by atoms with Crippen LogP contribution in [0.5, 0.6) is 0 Å². The number of nitrogens with two attached hydrogens (primary N) is 1. The Balaban J connectivity index is 1.86. The van der Waals surface area contributed by atoms with Crippen molar-refractivity contribution in [2.24, 2.45) is 10.1 Å². The monoisotopic (exact) mass is 471 g/mol. The van der Waals surface area contributed by atoms with Crippen LogP contribution in [-0.2, 0) is 16.2 Å². The number of primary sulfonamides is 1. The van der Waals surface area contributed by atoms with Crippen LogP contribution in [0.4, 0.5) is 18.9 Å². The Morgan fingerprint density at radius 2 is 1.52 bits per heavy atom. The zero-order valence-corrected chi connectivity index (χ0v) is 17.6. The maximum atomic E-state index is 12.9. The number of halogens is 3. The lowest BCUT2D eigenvalue weighted by atomic mass is 10.0. The van der Waals surface area contributed by atoms with E-state index in [2.05, 4.69) is 15.1 Å². The third-order valence-corrected chi connectivity index (χ3v) is 5.50. The summed E-state index contributed by atoms with van der Waals surface area (Å²) in [6.07, 6.45) is -2.20. The summed E-state index contributed by atoms with van der Waals surface area (Å²) in [5.41, 5.74) is 1.18. The minimum atomic E-state index is -4.65. The highest BCUT2D eigenvalue weighted by Gasteiger charge is 2.33. The van der Waals surface area contributed by atoms with Crippen molar-refractivity contribution in [3.05, 3.63) is 102 Å². The van der Waals surface area contributed by atoms with Gasteiger partial charge in [-0.25, -0.2) is 28.2 Å². The van der Waals surface area contributed by atoms with Crippen LogP contribution >= 0.6 is 0 Å². The van der Waals surface area contributed by atoms with Gasteiger partial charge in [-0.05, 0) is 6.07 Å². The van der Waals surface area contributed by atoms with Crippen molar-refractivity contribution in [1.29, 1.82) is 0 Å². The summed E-state index contributed by atoms with van der Waals surface area (Å²) >= 11 is 0. The van der Waals surface area contributed by atoms with Gasteiger partial charge in [0.1, 0.15) is 4.90 Å². The van der Waals surface area contributed by atoms with Gasteiger partial charge in [-0.1, -0.05) is 60.7 Å². The minimum Gasteiger partial charge on any atom is -0.246 e. The van der Waals surface area contributed by atoms with Crippen molar-refractivity contribution >= 4 is 21.4 Å². The smallest absolute Gasteiger partial charge is 0.246 e. The van der Waals surface area contributed by atoms with Gasteiger partial charge in [0.15, 0.2) is 5.82 Å². The molecule has 0 aliphatic rings. The molecular weight excluding hydrogens is 455 g/mol. The first-order chi connectivity index (χ1) is 15.6. The molecule has 0 fully saturated rings. The minimum absolute atomic E-state index is 0.147. The van der Waals surface area contributed by atoms with E-state index in [4.69, 9.17) is 5.14 Å². The first-order valence-corrected chi connectivity index (χ1v) is 11.0. The second-order valence-corrected chi connectivity index (χ2v) is 8.45. The van der Waals surface area contributed by atoms with E-state index < -0.39 is 26.7 Å². The van der Waals surface area contributed by atoms with Crippen LogP contribution in [0, 0.1) is 0 Å². The molecule has 168 valence electrons. The summed E-state index contributed by atoms with van der Waals surface area (Å²) < 4.78 is 64.0. The number of aliphatic imine (C=N–C) groups is 1. The summed E-state index contributed by atoms with van der Waals surface area (Å²) in [6, 6.07) is 19.6. The van der Waals surface area contributed by atoms with Gasteiger partial charge in [0.25, 0.3) is 0 Å². The molecule has 2 heterocycles. The van der Waals surface area contributed by atoms with E-state index in [1.54, 1.807) is 0 Å². The van der Waals surface area contributed by atoms with Crippen molar-refractivity contribution in [2.45, 2.75) is 11.1 Å². The lowest BCUT2D eigenvalue weighted by molar-refractivity contribution is -0.137. The molecule has 11 heteroatoms. The molecule has 0 amide bonds. The molecular formula is C22H16F3N5O2S. The number of pyridine rings is 1. The number of hydrogen-bond donors (Lipinski definition) is 1. The van der Waals surface area contributed by atoms with Gasteiger partial charge >= 0.3 is 6.18 Å². The van der Waals surface area contributed by atoms with Crippen molar-refractivity contribution < 1.29 is 21.6 Å². The van der Waals surface area contributed by atoms with Crippen LogP contribution in [0.1, 0.15) is 16.7 Å². The highest BCUT2D eigenvalue weighted by atomic mass is 32.2. The molecule has 0 saturated heterocycles. The van der Waals surface area contributed by atoms with Gasteiger partial charge in [-0.15, -0.1) is 0 Å². The van der Waals surface area contributed by atoms with Crippen LogP contribution in [0.2, 0.25) is 0 Å². The molecule has 33 heavy (non-hydrogen) atoms. The lowest BCUT2D eigenvalue weighted by Gasteiger charge is -2.10. The summed E-state index contributed by atoms with van der Waals surface area (Å²) in [7, 11) is -4.37. The van der Waals surface area contributed by atoms with Crippen molar-refractivity contribution in [2.75, 3.05) is 0 Å². The average molecular weight is 471 g/mol. The van der Waals surface area contributed by atoms with Crippen LogP contribution in [0.25, 0.3) is 5.82 Å². The number of alkyl halides is 3. The molecule has 0 atom stereocenters. The highest BCUT2D eigenvalue weighted by Crippen LogP contribution is 2.30. The van der Waals surface area contributed by atoms with Crippen molar-refractivity contribution in [1.82, 2.24) is 14.8 Å². The standard InChI is InChI=1S/C22H16F3N5O2S/c23-22(24,25)17-12-28-30(14-17)21-19(33(26,31)32)11-18(13-27-21)29-20(15-7-3-1-4-8-15)16-9-5-2-6-10-16/h1-14H,(H2,26,31,32). The van der Waals surface area contributed by atoms with Gasteiger partial charge in [-0.3, -0.25) is 0 Å². The molecule has 2 N–H and O–H groups in total. The summed E-state index contributed by atoms with van der Waals surface area (Å²) in [6.45, 7) is 0. The second kappa shape index (κ2) is 8.60. The Labute approximate surface area is 187 Å². The quantitative estimate of drug-likeness (QED) is 0.443. The van der Waals surface area contributed by atoms with E-state index in [1.807, 2.05) is 60.7 Å².